The molecule has 0 bridgehead atoms. The molecule has 1 aromatic heterocycles. The van der Waals surface area contributed by atoms with Gasteiger partial charge in [0.15, 0.2) is 6.10 Å². The molecular weight excluding hydrogens is 759 g/mol. The fraction of sp³-hybridized carbons (Fsp3) is 0.415. The number of rotatable bonds is 26. The Balaban J connectivity index is 1.82. The lowest BCUT2D eigenvalue weighted by Crippen LogP contribution is -2.30. The van der Waals surface area contributed by atoms with Crippen LogP contribution in [0.1, 0.15) is 80.4 Å². The average Bonchev–Trinajstić information content (AvgIpc) is 3.51. The minimum atomic E-state index is -1.35. The van der Waals surface area contributed by atoms with Crippen LogP contribution in [0.2, 0.25) is 0 Å². The van der Waals surface area contributed by atoms with E-state index in [1.807, 2.05) is 43.6 Å². The third kappa shape index (κ3) is 14.9. The lowest BCUT2D eigenvalue weighted by Gasteiger charge is -2.20. The predicted octanol–water partition coefficient (Wildman–Crippen LogP) is 6.83. The van der Waals surface area contributed by atoms with Crippen LogP contribution in [-0.4, -0.2) is 81.6 Å². The van der Waals surface area contributed by atoms with Crippen LogP contribution in [0.5, 0.6) is 0 Å². The average molecular weight is 811 g/mol. The first kappa shape index (κ1) is 46.5. The SMILES string of the molecule is C=C/C=C(\C=C/C)c1c(C(=O)Nc2ccccc2)c(C(C)C)n(CCC(O)C[C@@H](O)CC(=O)OCC(COCCCCO[N+](=O)[O-])O[N+](=O)[O-])c1-c1ccc(F)cc1. The van der Waals surface area contributed by atoms with Gasteiger partial charge in [0, 0.05) is 30.1 Å². The Morgan fingerprint density at radius 3 is 2.28 bits per heavy atom. The maximum atomic E-state index is 14.3. The summed E-state index contributed by atoms with van der Waals surface area (Å²) in [4.78, 5) is 56.8. The van der Waals surface area contributed by atoms with Crippen LogP contribution in [0.15, 0.2) is 85.5 Å². The van der Waals surface area contributed by atoms with Crippen LogP contribution in [0.4, 0.5) is 10.1 Å². The van der Waals surface area contributed by atoms with Crippen LogP contribution in [0, 0.1) is 26.0 Å². The third-order valence-corrected chi connectivity index (χ3v) is 8.64. The zero-order chi connectivity index (χ0) is 42.6. The molecule has 0 spiro atoms. The lowest BCUT2D eigenvalue weighted by atomic mass is 9.93. The van der Waals surface area contributed by atoms with Crippen molar-refractivity contribution in [1.29, 1.82) is 0 Å². The number of ether oxygens (including phenoxy) is 2. The van der Waals surface area contributed by atoms with Crippen LogP contribution < -0.4 is 5.32 Å². The summed E-state index contributed by atoms with van der Waals surface area (Å²) < 4.78 is 26.6. The summed E-state index contributed by atoms with van der Waals surface area (Å²) in [6, 6.07) is 14.9. The molecule has 2 unspecified atom stereocenters. The number of allylic oxidation sites excluding steroid dienone is 5. The van der Waals surface area contributed by atoms with Crippen LogP contribution in [0.3, 0.4) is 0 Å². The number of benzene rings is 2. The summed E-state index contributed by atoms with van der Waals surface area (Å²) in [7, 11) is 0. The molecule has 3 aromatic rings. The van der Waals surface area contributed by atoms with Crippen molar-refractivity contribution in [3.8, 4) is 11.3 Å². The quantitative estimate of drug-likeness (QED) is 0.0250. The van der Waals surface area contributed by atoms with Gasteiger partial charge < -0.3 is 39.2 Å². The van der Waals surface area contributed by atoms with E-state index in [-0.39, 0.29) is 51.0 Å². The van der Waals surface area contributed by atoms with Gasteiger partial charge in [-0.1, -0.05) is 62.9 Å². The van der Waals surface area contributed by atoms with Gasteiger partial charge in [-0.25, -0.2) is 4.39 Å². The molecule has 3 rings (SSSR count). The van der Waals surface area contributed by atoms with Crippen molar-refractivity contribution in [2.24, 2.45) is 0 Å². The summed E-state index contributed by atoms with van der Waals surface area (Å²) in [6.07, 6.45) is 3.29. The van der Waals surface area contributed by atoms with E-state index < -0.39 is 53.3 Å². The summed E-state index contributed by atoms with van der Waals surface area (Å²) in [5.41, 5.74) is 4.07. The predicted molar refractivity (Wildman–Crippen MR) is 213 cm³/mol. The maximum absolute atomic E-state index is 14.3. The molecule has 3 atom stereocenters. The largest absolute Gasteiger partial charge is 0.463 e. The highest BCUT2D eigenvalue weighted by atomic mass is 19.1. The lowest BCUT2D eigenvalue weighted by molar-refractivity contribution is -0.769. The molecule has 1 amide bonds. The van der Waals surface area contributed by atoms with Crippen molar-refractivity contribution < 1.29 is 53.5 Å². The number of amides is 1. The molecule has 0 saturated heterocycles. The van der Waals surface area contributed by atoms with E-state index in [1.165, 1.54) is 12.1 Å². The minimum Gasteiger partial charge on any atom is -0.463 e. The number of aromatic nitrogens is 1. The van der Waals surface area contributed by atoms with Crippen molar-refractivity contribution in [3.63, 3.8) is 0 Å². The Hall–Kier alpha value is -5.91. The number of carbonyl (C=O) groups excluding carboxylic acids is 2. The molecule has 314 valence electrons. The molecular formula is C41H51FN4O12. The number of hydrogen-bond acceptors (Lipinski definition) is 12. The van der Waals surface area contributed by atoms with Crippen molar-refractivity contribution in [3.05, 3.63) is 128 Å². The van der Waals surface area contributed by atoms with E-state index in [9.17, 15) is 44.4 Å². The second kappa shape index (κ2) is 24.0. The van der Waals surface area contributed by atoms with Crippen molar-refractivity contribution in [2.45, 2.75) is 83.6 Å². The smallest absolute Gasteiger partial charge is 0.308 e. The van der Waals surface area contributed by atoms with Crippen LogP contribution in [0.25, 0.3) is 16.8 Å². The number of halogens is 1. The van der Waals surface area contributed by atoms with Crippen LogP contribution >= 0.6 is 0 Å². The molecule has 3 N–H and O–H groups in total. The van der Waals surface area contributed by atoms with Gasteiger partial charge in [-0.3, -0.25) is 9.59 Å². The highest BCUT2D eigenvalue weighted by Gasteiger charge is 2.31. The van der Waals surface area contributed by atoms with Gasteiger partial charge in [-0.15, -0.1) is 20.2 Å². The van der Waals surface area contributed by atoms with Gasteiger partial charge in [0.2, 0.25) is 0 Å². The standard InChI is InChI=1S/C41H51FN4O12/c1-5-12-29(13-6-2)37-38(41(50)43-32-14-8-7-9-15-32)39(28(3)4)44(40(37)30-16-18-31(42)19-17-30)21-20-33(47)24-34(48)25-36(49)56-27-35(58-46(53)54)26-55-22-10-11-23-57-45(51)52/h5-9,12-19,28,33-35,47-48H,1,10-11,20-27H2,2-4H3,(H,43,50)/b13-6-,29-12+/t33?,34-,35?/m1/s1. The Morgan fingerprint density at radius 1 is 0.966 bits per heavy atom. The Morgan fingerprint density at radius 2 is 1.66 bits per heavy atom. The number of nitrogens with one attached hydrogen (secondary N) is 1. The normalized spacial score (nSPS) is 13.2. The number of para-hydroxylation sites is 1. The molecule has 0 aliphatic carbocycles. The van der Waals surface area contributed by atoms with E-state index >= 15 is 0 Å². The summed E-state index contributed by atoms with van der Waals surface area (Å²) >= 11 is 0. The number of unbranched alkanes of at least 4 members (excludes halogenated alkanes) is 1. The van der Waals surface area contributed by atoms with Crippen molar-refractivity contribution in [1.82, 2.24) is 4.57 Å². The van der Waals surface area contributed by atoms with Crippen molar-refractivity contribution in [2.75, 3.05) is 31.7 Å². The first-order valence-corrected chi connectivity index (χ1v) is 18.8. The zero-order valence-electron chi connectivity index (χ0n) is 32.8. The number of aliphatic hydroxyl groups excluding tert-OH is 2. The Bertz CT molecular complexity index is 1880. The molecule has 0 saturated carbocycles. The third-order valence-electron chi connectivity index (χ3n) is 8.64. The minimum absolute atomic E-state index is 0.0757. The van der Waals surface area contributed by atoms with E-state index in [2.05, 4.69) is 21.6 Å². The summed E-state index contributed by atoms with van der Waals surface area (Å²) in [5.74, 6) is -1.94. The molecule has 0 fully saturated rings. The van der Waals surface area contributed by atoms with Gasteiger partial charge in [0.1, 0.15) is 12.4 Å². The second-order valence-corrected chi connectivity index (χ2v) is 13.5. The van der Waals surface area contributed by atoms with E-state index in [1.54, 1.807) is 48.6 Å². The molecule has 0 aliphatic rings. The van der Waals surface area contributed by atoms with Gasteiger partial charge in [-0.2, -0.15) is 0 Å². The van der Waals surface area contributed by atoms with Gasteiger partial charge in [0.25, 0.3) is 16.1 Å². The molecule has 0 radical (unpaired) electrons. The van der Waals surface area contributed by atoms with E-state index in [0.29, 0.717) is 52.2 Å². The number of nitrogens with zero attached hydrogens (tertiary/aromatic N) is 3. The number of aliphatic hydroxyl groups is 2. The Labute approximate surface area is 335 Å². The van der Waals surface area contributed by atoms with Gasteiger partial charge in [-0.05, 0) is 86.1 Å². The second-order valence-electron chi connectivity index (χ2n) is 13.5. The maximum Gasteiger partial charge on any atom is 0.308 e. The first-order valence-electron chi connectivity index (χ1n) is 18.8. The molecule has 1 heterocycles. The van der Waals surface area contributed by atoms with E-state index in [0.717, 1.165) is 0 Å². The topological polar surface area (TPSA) is 215 Å². The van der Waals surface area contributed by atoms with Crippen molar-refractivity contribution >= 4 is 23.1 Å². The van der Waals surface area contributed by atoms with Gasteiger partial charge >= 0.3 is 5.97 Å². The molecule has 16 nitrogen and oxygen atoms in total. The molecule has 2 aromatic carbocycles. The highest BCUT2D eigenvalue weighted by molar-refractivity contribution is 6.11. The van der Waals surface area contributed by atoms with Crippen LogP contribution in [-0.2, 0) is 30.5 Å². The highest BCUT2D eigenvalue weighted by Crippen LogP contribution is 2.41. The monoisotopic (exact) mass is 810 g/mol. The molecule has 58 heavy (non-hydrogen) atoms. The summed E-state index contributed by atoms with van der Waals surface area (Å²) in [5, 5.41) is 44.1. The summed E-state index contributed by atoms with van der Waals surface area (Å²) in [6.45, 7) is 8.82. The Kier molecular flexibility index (Phi) is 19.2. The number of esters is 1. The fourth-order valence-electron chi connectivity index (χ4n) is 6.25. The molecule has 17 heteroatoms. The van der Waals surface area contributed by atoms with Gasteiger partial charge in [0.05, 0.1) is 43.1 Å². The number of carbonyl (C=O) groups is 2. The number of anilines is 1. The number of hydrogen-bond donors (Lipinski definition) is 3. The molecule has 0 aliphatic heterocycles. The first-order chi connectivity index (χ1) is 27.7. The zero-order valence-corrected chi connectivity index (χ0v) is 32.8. The fourth-order valence-corrected chi connectivity index (χ4v) is 6.25. The van der Waals surface area contributed by atoms with E-state index in [4.69, 9.17) is 9.47 Å².